The molecule has 0 aromatic rings. The van der Waals surface area contributed by atoms with E-state index in [1.807, 2.05) is 6.92 Å². The van der Waals surface area contributed by atoms with Gasteiger partial charge in [-0.25, -0.2) is 24.0 Å². The van der Waals surface area contributed by atoms with Crippen molar-refractivity contribution in [3.8, 4) is 0 Å². The molecule has 0 aromatic carbocycles. The summed E-state index contributed by atoms with van der Waals surface area (Å²) in [6, 6.07) is 0. The molecule has 0 saturated heterocycles. The molecule has 0 fully saturated rings. The summed E-state index contributed by atoms with van der Waals surface area (Å²) in [5.74, 6) is -4.81. The van der Waals surface area contributed by atoms with Gasteiger partial charge in [-0.05, 0) is 20.3 Å². The molecule has 0 unspecified atom stereocenters. The lowest BCUT2D eigenvalue weighted by Crippen LogP contribution is -2.32. The normalized spacial score (nSPS) is 8.82. The fourth-order valence-corrected chi connectivity index (χ4v) is 1.16. The Labute approximate surface area is 286 Å². The Balaban J connectivity index is -0.0000000872. The van der Waals surface area contributed by atoms with E-state index >= 15 is 0 Å². The predicted octanol–water partition coefficient (Wildman–Crippen LogP) is 0.446. The molecule has 0 atom stereocenters. The van der Waals surface area contributed by atoms with E-state index in [0.717, 1.165) is 18.2 Å². The zero-order valence-corrected chi connectivity index (χ0v) is 28.5. The van der Waals surface area contributed by atoms with Gasteiger partial charge >= 0.3 is 29.8 Å². The van der Waals surface area contributed by atoms with Crippen molar-refractivity contribution in [3.63, 3.8) is 0 Å². The number of aliphatic carboxylic acids is 5. The molecule has 0 spiro atoms. The number of carboxylic acids is 5. The summed E-state index contributed by atoms with van der Waals surface area (Å²) in [6.07, 6.45) is 3.09. The number of hydrogen-bond donors (Lipinski definition) is 10. The van der Waals surface area contributed by atoms with Gasteiger partial charge in [0.15, 0.2) is 0 Å². The smallest absolute Gasteiger partial charge is 0.330 e. The molecule has 0 heterocycles. The van der Waals surface area contributed by atoms with Crippen LogP contribution in [0.5, 0.6) is 0 Å². The number of carboxylic acid groups (broad SMARTS) is 5. The van der Waals surface area contributed by atoms with Gasteiger partial charge in [-0.2, -0.15) is 0 Å². The van der Waals surface area contributed by atoms with Crippen LogP contribution in [0.4, 0.5) is 0 Å². The minimum atomic E-state index is -0.981. The molecule has 0 aromatic heterocycles. The Bertz CT molecular complexity index is 777. The van der Waals surface area contributed by atoms with Crippen LogP contribution >= 0.6 is 0 Å². The van der Waals surface area contributed by atoms with Gasteiger partial charge in [0.2, 0.25) is 0 Å². The van der Waals surface area contributed by atoms with Gasteiger partial charge in [0.1, 0.15) is 0 Å². The molecule has 0 aliphatic heterocycles. The molecule has 0 bridgehead atoms. The van der Waals surface area contributed by atoms with Crippen LogP contribution in [0.3, 0.4) is 0 Å². The highest BCUT2D eigenvalue weighted by Crippen LogP contribution is 2.18. The monoisotopic (exact) mass is 716 g/mol. The average molecular weight is 717 g/mol. The zero-order chi connectivity index (χ0) is 40.3. The fraction of sp³-hybridized carbons (Fsp3) is 0.516. The van der Waals surface area contributed by atoms with Crippen molar-refractivity contribution in [2.24, 2.45) is 5.41 Å². The van der Waals surface area contributed by atoms with E-state index in [-0.39, 0.29) is 44.2 Å². The zero-order valence-electron chi connectivity index (χ0n) is 28.5. The number of hydrogen-bond acceptors (Lipinski definition) is 13. The maximum atomic E-state index is 9.60. The van der Waals surface area contributed by atoms with E-state index in [0.29, 0.717) is 46.1 Å². The third-order valence-corrected chi connectivity index (χ3v) is 4.23. The molecule has 0 radical (unpaired) electrons. The molecular formula is C31H56O18. The average Bonchev–Trinajstić information content (AvgIpc) is 3.07. The lowest BCUT2D eigenvalue weighted by Gasteiger charge is -2.24. The summed E-state index contributed by atoms with van der Waals surface area (Å²) in [6.45, 7) is 22.2. The van der Waals surface area contributed by atoms with E-state index < -0.39 is 35.3 Å². The molecule has 18 heteroatoms. The number of aliphatic hydroxyl groups is 5. The van der Waals surface area contributed by atoms with E-state index in [1.54, 1.807) is 0 Å². The number of ether oxygens (including phenoxy) is 3. The number of aliphatic hydroxyl groups excluding tert-OH is 5. The van der Waals surface area contributed by atoms with E-state index in [9.17, 15) is 24.0 Å². The van der Waals surface area contributed by atoms with Crippen LogP contribution in [0.2, 0.25) is 0 Å². The van der Waals surface area contributed by atoms with Crippen LogP contribution in [-0.2, 0) is 38.2 Å². The topological polar surface area (TPSA) is 315 Å². The summed E-state index contributed by atoms with van der Waals surface area (Å²) in [5, 5.41) is 81.3. The summed E-state index contributed by atoms with van der Waals surface area (Å²) < 4.78 is 15.0. The van der Waals surface area contributed by atoms with Crippen LogP contribution in [0.25, 0.3) is 0 Å². The van der Waals surface area contributed by atoms with Gasteiger partial charge in [0.05, 0.1) is 72.7 Å². The quantitative estimate of drug-likeness (QED) is 0.0640. The first kappa shape index (κ1) is 60.1. The van der Waals surface area contributed by atoms with Gasteiger partial charge in [0.25, 0.3) is 0 Å². The van der Waals surface area contributed by atoms with Crippen LogP contribution in [-0.4, -0.2) is 154 Å². The van der Waals surface area contributed by atoms with Gasteiger partial charge in [-0.1, -0.05) is 39.8 Å². The second-order valence-electron chi connectivity index (χ2n) is 8.41. The Morgan fingerprint density at radius 1 is 0.531 bits per heavy atom. The minimum Gasteiger partial charge on any atom is -0.478 e. The SMILES string of the molecule is C=C(C)C(=O)O.C=C(C)C(=O)O.C=CC(=O)O.C=CC(=O)O.C=CC(=O)O.CCC(CO)(CO)CO.OCCOCCOCCOCCO. The molecule has 49 heavy (non-hydrogen) atoms. The third-order valence-electron chi connectivity index (χ3n) is 4.23. The van der Waals surface area contributed by atoms with E-state index in [2.05, 4.69) is 32.9 Å². The molecule has 0 rings (SSSR count). The Morgan fingerprint density at radius 2 is 0.714 bits per heavy atom. The van der Waals surface area contributed by atoms with Gasteiger partial charge in [-0.3, -0.25) is 0 Å². The molecule has 0 amide bonds. The first-order chi connectivity index (χ1) is 22.8. The van der Waals surface area contributed by atoms with Gasteiger partial charge in [-0.15, -0.1) is 0 Å². The lowest BCUT2D eigenvalue weighted by molar-refractivity contribution is -0.133. The van der Waals surface area contributed by atoms with Crippen LogP contribution in [0, 0.1) is 5.41 Å². The van der Waals surface area contributed by atoms with E-state index in [4.69, 9.17) is 65.3 Å². The molecule has 0 aliphatic carbocycles. The molecule has 10 N–H and O–H groups in total. The molecule has 0 saturated carbocycles. The van der Waals surface area contributed by atoms with Crippen molar-refractivity contribution < 1.29 is 89.2 Å². The van der Waals surface area contributed by atoms with Crippen molar-refractivity contribution in [1.82, 2.24) is 0 Å². The second-order valence-corrected chi connectivity index (χ2v) is 8.41. The van der Waals surface area contributed by atoms with Crippen molar-refractivity contribution in [1.29, 1.82) is 0 Å². The summed E-state index contributed by atoms with van der Waals surface area (Å²) in [4.78, 5) is 46.9. The van der Waals surface area contributed by atoms with Crippen LogP contribution in [0.15, 0.2) is 62.3 Å². The first-order valence-corrected chi connectivity index (χ1v) is 13.9. The van der Waals surface area contributed by atoms with Gasteiger partial charge < -0.3 is 65.3 Å². The minimum absolute atomic E-state index is 0.0413. The van der Waals surface area contributed by atoms with Crippen LogP contribution in [0.1, 0.15) is 27.2 Å². The van der Waals surface area contributed by atoms with Gasteiger partial charge in [0, 0.05) is 34.8 Å². The molecular weight excluding hydrogens is 660 g/mol. The highest BCUT2D eigenvalue weighted by Gasteiger charge is 2.24. The summed E-state index contributed by atoms with van der Waals surface area (Å²) in [7, 11) is 0. The maximum Gasteiger partial charge on any atom is 0.330 e. The molecule has 18 nitrogen and oxygen atoms in total. The van der Waals surface area contributed by atoms with Crippen molar-refractivity contribution in [2.45, 2.75) is 27.2 Å². The lowest BCUT2D eigenvalue weighted by atomic mass is 9.88. The first-order valence-electron chi connectivity index (χ1n) is 13.9. The highest BCUT2D eigenvalue weighted by atomic mass is 16.5. The largest absolute Gasteiger partial charge is 0.478 e. The van der Waals surface area contributed by atoms with Crippen molar-refractivity contribution >= 4 is 29.8 Å². The maximum absolute atomic E-state index is 9.60. The van der Waals surface area contributed by atoms with Crippen LogP contribution < -0.4 is 0 Å². The van der Waals surface area contributed by atoms with E-state index in [1.165, 1.54) is 13.8 Å². The summed E-state index contributed by atoms with van der Waals surface area (Å²) in [5.41, 5.74) is -0.315. The molecule has 0 aliphatic rings. The Morgan fingerprint density at radius 3 is 0.796 bits per heavy atom. The fourth-order valence-electron chi connectivity index (χ4n) is 1.16. The van der Waals surface area contributed by atoms with Crippen molar-refractivity contribution in [2.75, 3.05) is 72.7 Å². The number of rotatable bonds is 19. The molecule has 288 valence electrons. The predicted molar refractivity (Wildman–Crippen MR) is 179 cm³/mol. The second kappa shape index (κ2) is 48.1. The summed E-state index contributed by atoms with van der Waals surface area (Å²) >= 11 is 0. The number of carbonyl (C=O) groups is 5. The Kier molecular flexibility index (Phi) is 59.0. The Hall–Kier alpha value is -4.27. The standard InChI is InChI=1S/C8H18O5.C6H14O3.2C4H6O2.3C3H4O2/c9-1-3-11-5-7-13-8-6-12-4-2-10;1-2-6(3-7,4-8)5-9;2*1-3(2)4(5)6;3*1-2-3(4)5/h9-10H,1-8H2;7-9H,2-5H2,1H3;2*1H2,2H3,(H,5,6);3*2H,1H2,(H,4,5). The van der Waals surface area contributed by atoms with Crippen molar-refractivity contribution in [3.05, 3.63) is 62.3 Å². The third kappa shape index (κ3) is 75.6. The highest BCUT2D eigenvalue weighted by molar-refractivity contribution is 5.85.